The Morgan fingerprint density at radius 1 is 0.580 bits per heavy atom. The fraction of sp³-hybridized carbons (Fsp3) is 0.222. The van der Waals surface area contributed by atoms with Crippen LogP contribution in [0.2, 0.25) is 0 Å². The van der Waals surface area contributed by atoms with Crippen LogP contribution in [-0.2, 0) is 0 Å². The Bertz CT molecular complexity index is 1550. The van der Waals surface area contributed by atoms with Crippen molar-refractivity contribution < 1.29 is 39.5 Å². The molecule has 0 aliphatic rings. The number of hydrazone groups is 2. The summed E-state index contributed by atoms with van der Waals surface area (Å²) in [6, 6.07) is 24.0. The van der Waals surface area contributed by atoms with Gasteiger partial charge in [0.05, 0.1) is 26.6 Å². The minimum absolute atomic E-state index is 0.0256. The second kappa shape index (κ2) is 22.4. The molecule has 0 heterocycles. The molecule has 50 heavy (non-hydrogen) atoms. The highest BCUT2D eigenvalue weighted by atomic mass is 16.5. The fourth-order valence-electron chi connectivity index (χ4n) is 3.79. The normalized spacial score (nSPS) is 9.96. The smallest absolute Gasteiger partial charge is 0.271 e. The number of anilines is 2. The largest absolute Gasteiger partial charge is 0.507 e. The van der Waals surface area contributed by atoms with Gasteiger partial charge in [-0.2, -0.15) is 10.2 Å². The van der Waals surface area contributed by atoms with Gasteiger partial charge in [-0.3, -0.25) is 9.59 Å². The Labute approximate surface area is 292 Å². The van der Waals surface area contributed by atoms with Gasteiger partial charge in [0.15, 0.2) is 0 Å². The van der Waals surface area contributed by atoms with E-state index >= 15 is 0 Å². The van der Waals surface area contributed by atoms with Gasteiger partial charge in [0.2, 0.25) is 0 Å². The zero-order valence-corrected chi connectivity index (χ0v) is 29.4. The molecule has 0 aliphatic heterocycles. The van der Waals surface area contributed by atoms with E-state index < -0.39 is 0 Å². The highest BCUT2D eigenvalue weighted by molar-refractivity contribution is 5.96. The number of carbonyl (C=O) groups is 2. The van der Waals surface area contributed by atoms with Crippen LogP contribution < -0.4 is 30.1 Å². The summed E-state index contributed by atoms with van der Waals surface area (Å²) in [7, 11) is 12.8. The third-order valence-corrected chi connectivity index (χ3v) is 6.51. The molecule has 0 bridgehead atoms. The number of benzene rings is 4. The van der Waals surface area contributed by atoms with Crippen molar-refractivity contribution >= 4 is 35.6 Å². The Morgan fingerprint density at radius 3 is 1.16 bits per heavy atom. The summed E-state index contributed by atoms with van der Waals surface area (Å²) in [5.74, 6) is 0.504. The first kappa shape index (κ1) is 41.9. The monoisotopic (exact) mass is 690 g/mol. The molecule has 0 aromatic heterocycles. The molecule has 6 N–H and O–H groups in total. The van der Waals surface area contributed by atoms with Gasteiger partial charge in [0, 0.05) is 88.2 Å². The van der Waals surface area contributed by atoms with E-state index in [0.717, 1.165) is 25.6 Å². The van der Waals surface area contributed by atoms with E-state index in [1.807, 2.05) is 62.3 Å². The van der Waals surface area contributed by atoms with Gasteiger partial charge in [-0.15, -0.1) is 0 Å². The van der Waals surface area contributed by atoms with Crippen LogP contribution in [0.15, 0.2) is 95.1 Å². The molecule has 0 aliphatic carbocycles. The molecule has 14 heteroatoms. The van der Waals surface area contributed by atoms with Gasteiger partial charge in [0.25, 0.3) is 11.8 Å². The number of nitrogens with zero attached hydrogens (tertiary/aromatic N) is 4. The molecule has 0 spiro atoms. The number of aliphatic hydroxyl groups excluding tert-OH is 2. The number of phenolic OH excluding ortho intramolecular Hbond substituents is 2. The maximum atomic E-state index is 12.0. The van der Waals surface area contributed by atoms with E-state index in [1.165, 1.54) is 38.8 Å². The first-order valence-electron chi connectivity index (χ1n) is 14.9. The highest BCUT2D eigenvalue weighted by Crippen LogP contribution is 2.23. The number of nitrogens with one attached hydrogen (secondary N) is 2. The first-order valence-corrected chi connectivity index (χ1v) is 14.9. The summed E-state index contributed by atoms with van der Waals surface area (Å²) in [6.07, 6.45) is 2.75. The van der Waals surface area contributed by atoms with Gasteiger partial charge in [-0.25, -0.2) is 10.9 Å². The number of ether oxygens (including phenoxy) is 2. The number of rotatable bonds is 10. The number of hydrogen-bond donors (Lipinski definition) is 6. The van der Waals surface area contributed by atoms with Crippen LogP contribution in [0.5, 0.6) is 23.0 Å². The molecule has 0 radical (unpaired) electrons. The number of amides is 2. The predicted molar refractivity (Wildman–Crippen MR) is 197 cm³/mol. The fourth-order valence-corrected chi connectivity index (χ4v) is 3.79. The summed E-state index contributed by atoms with van der Waals surface area (Å²) in [4.78, 5) is 27.9. The van der Waals surface area contributed by atoms with E-state index in [0.29, 0.717) is 33.8 Å². The van der Waals surface area contributed by atoms with Crippen LogP contribution in [0.25, 0.3) is 0 Å². The number of methoxy groups -OCH3 is 2. The standard InChI is InChI=1S/2C17H19N3O3.2CH4O/c2*1-20(2)14-7-4-12(5-8-14)17(22)19-18-11-13-6-9-15(23-3)10-16(13)21;2*1-2/h2*4-11,21H,1-3H3,(H,19,22);2*2H,1H3/b2*18-11+;;. The molecule has 2 amide bonds. The average molecular weight is 691 g/mol. The van der Waals surface area contributed by atoms with Gasteiger partial charge in [-0.1, -0.05) is 0 Å². The lowest BCUT2D eigenvalue weighted by atomic mass is 10.2. The lowest BCUT2D eigenvalue weighted by molar-refractivity contribution is 0.0947. The highest BCUT2D eigenvalue weighted by Gasteiger charge is 2.07. The van der Waals surface area contributed by atoms with Crippen LogP contribution in [0.4, 0.5) is 11.4 Å². The van der Waals surface area contributed by atoms with E-state index in [9.17, 15) is 19.8 Å². The second-order valence-corrected chi connectivity index (χ2v) is 10.1. The van der Waals surface area contributed by atoms with Crippen LogP contribution in [0, 0.1) is 0 Å². The molecule has 0 unspecified atom stereocenters. The number of carbonyl (C=O) groups excluding carboxylic acids is 2. The Kier molecular flexibility index (Phi) is 18.8. The third-order valence-electron chi connectivity index (χ3n) is 6.51. The van der Waals surface area contributed by atoms with Gasteiger partial charge < -0.3 is 39.7 Å². The van der Waals surface area contributed by atoms with Crippen molar-refractivity contribution in [1.29, 1.82) is 0 Å². The van der Waals surface area contributed by atoms with Gasteiger partial charge in [0.1, 0.15) is 23.0 Å². The molecule has 0 fully saturated rings. The molecular formula is C36H46N6O8. The summed E-state index contributed by atoms with van der Waals surface area (Å²) >= 11 is 0. The lowest BCUT2D eigenvalue weighted by Gasteiger charge is -2.12. The van der Waals surface area contributed by atoms with Crippen LogP contribution in [-0.4, -0.2) is 101 Å². The van der Waals surface area contributed by atoms with E-state index in [1.54, 1.807) is 48.5 Å². The number of hydrogen-bond acceptors (Lipinski definition) is 12. The Hall–Kier alpha value is -6.12. The van der Waals surface area contributed by atoms with Crippen molar-refractivity contribution in [1.82, 2.24) is 10.9 Å². The molecule has 14 nitrogen and oxygen atoms in total. The topological polar surface area (TPSA) is 189 Å². The van der Waals surface area contributed by atoms with Crippen molar-refractivity contribution in [2.45, 2.75) is 0 Å². The average Bonchev–Trinajstić information content (AvgIpc) is 3.14. The predicted octanol–water partition coefficient (Wildman–Crippen LogP) is 3.68. The molecule has 4 aromatic carbocycles. The minimum Gasteiger partial charge on any atom is -0.507 e. The molecule has 0 atom stereocenters. The Balaban J connectivity index is 0.000000455. The molecule has 4 aromatic rings. The van der Waals surface area contributed by atoms with Crippen molar-refractivity contribution in [2.75, 3.05) is 66.4 Å². The molecular weight excluding hydrogens is 644 g/mol. The van der Waals surface area contributed by atoms with Crippen molar-refractivity contribution in [3.8, 4) is 23.0 Å². The number of aromatic hydroxyl groups is 2. The summed E-state index contributed by atoms with van der Waals surface area (Å²) < 4.78 is 10.00. The van der Waals surface area contributed by atoms with Gasteiger partial charge >= 0.3 is 0 Å². The first-order chi connectivity index (χ1) is 24.0. The molecule has 4 rings (SSSR count). The number of phenols is 2. The second-order valence-electron chi connectivity index (χ2n) is 10.1. The van der Waals surface area contributed by atoms with E-state index in [2.05, 4.69) is 21.1 Å². The van der Waals surface area contributed by atoms with Gasteiger partial charge in [-0.05, 0) is 72.8 Å². The lowest BCUT2D eigenvalue weighted by Crippen LogP contribution is -2.18. The molecule has 0 saturated heterocycles. The quantitative estimate of drug-likeness (QED) is 0.106. The van der Waals surface area contributed by atoms with Crippen molar-refractivity contribution in [3.63, 3.8) is 0 Å². The summed E-state index contributed by atoms with van der Waals surface area (Å²) in [6.45, 7) is 0. The zero-order chi connectivity index (χ0) is 37.6. The van der Waals surface area contributed by atoms with Crippen LogP contribution in [0.1, 0.15) is 31.8 Å². The maximum absolute atomic E-state index is 12.0. The SMILES string of the molecule is CO.CO.COc1ccc(/C=N/NC(=O)c2ccc(N(C)C)cc2)c(O)c1.COc1ccc(/C=N/NC(=O)c2ccc(N(C)C)cc2)c(O)c1. The van der Waals surface area contributed by atoms with Crippen LogP contribution >= 0.6 is 0 Å². The summed E-state index contributed by atoms with van der Waals surface area (Å²) in [5, 5.41) is 41.3. The van der Waals surface area contributed by atoms with E-state index in [-0.39, 0.29) is 23.3 Å². The molecule has 0 saturated carbocycles. The van der Waals surface area contributed by atoms with Crippen molar-refractivity contribution in [3.05, 3.63) is 107 Å². The minimum atomic E-state index is -0.320. The molecule has 268 valence electrons. The maximum Gasteiger partial charge on any atom is 0.271 e. The van der Waals surface area contributed by atoms with E-state index in [4.69, 9.17) is 19.7 Å². The Morgan fingerprint density at radius 2 is 0.900 bits per heavy atom. The zero-order valence-electron chi connectivity index (χ0n) is 29.4. The van der Waals surface area contributed by atoms with Crippen molar-refractivity contribution in [2.24, 2.45) is 10.2 Å². The van der Waals surface area contributed by atoms with Crippen LogP contribution in [0.3, 0.4) is 0 Å². The summed E-state index contributed by atoms with van der Waals surface area (Å²) in [5.41, 5.74) is 8.84. The third kappa shape index (κ3) is 13.5. The number of aliphatic hydroxyl groups is 2.